The summed E-state index contributed by atoms with van der Waals surface area (Å²) in [7, 11) is 0. The first kappa shape index (κ1) is 13.5. The van der Waals surface area contributed by atoms with E-state index >= 15 is 0 Å². The fraction of sp³-hybridized carbons (Fsp3) is 0.316. The van der Waals surface area contributed by atoms with Crippen molar-refractivity contribution in [3.05, 3.63) is 66.0 Å². The van der Waals surface area contributed by atoms with E-state index < -0.39 is 0 Å². The van der Waals surface area contributed by atoms with Crippen LogP contribution >= 0.6 is 0 Å². The molecular formula is C19H21N3. The highest BCUT2D eigenvalue weighted by Crippen LogP contribution is 2.28. The van der Waals surface area contributed by atoms with Gasteiger partial charge in [-0.25, -0.2) is 4.98 Å². The van der Waals surface area contributed by atoms with E-state index in [4.69, 9.17) is 4.98 Å². The Morgan fingerprint density at radius 3 is 2.50 bits per heavy atom. The van der Waals surface area contributed by atoms with Crippen molar-refractivity contribution in [3.63, 3.8) is 0 Å². The van der Waals surface area contributed by atoms with Crippen LogP contribution in [-0.4, -0.2) is 22.6 Å². The van der Waals surface area contributed by atoms with Crippen LogP contribution < -0.4 is 5.32 Å². The maximum Gasteiger partial charge on any atom is 0.113 e. The summed E-state index contributed by atoms with van der Waals surface area (Å²) in [6.07, 6.45) is 2.36. The number of nitrogens with zero attached hydrogens (tertiary/aromatic N) is 2. The number of para-hydroxylation sites is 2. The van der Waals surface area contributed by atoms with E-state index in [9.17, 15) is 0 Å². The monoisotopic (exact) mass is 291 g/mol. The third-order valence-corrected chi connectivity index (χ3v) is 4.57. The van der Waals surface area contributed by atoms with E-state index in [-0.39, 0.29) is 0 Å². The predicted molar refractivity (Wildman–Crippen MR) is 90.1 cm³/mol. The van der Waals surface area contributed by atoms with E-state index in [1.54, 1.807) is 0 Å². The van der Waals surface area contributed by atoms with Crippen molar-refractivity contribution < 1.29 is 0 Å². The summed E-state index contributed by atoms with van der Waals surface area (Å²) in [5.74, 6) is 1.82. The van der Waals surface area contributed by atoms with Gasteiger partial charge in [-0.3, -0.25) is 0 Å². The van der Waals surface area contributed by atoms with Gasteiger partial charge >= 0.3 is 0 Å². The van der Waals surface area contributed by atoms with Gasteiger partial charge in [0.2, 0.25) is 0 Å². The molecule has 0 aliphatic carbocycles. The van der Waals surface area contributed by atoms with Crippen LogP contribution in [0.15, 0.2) is 54.6 Å². The first-order valence-electron chi connectivity index (χ1n) is 8.11. The van der Waals surface area contributed by atoms with Gasteiger partial charge in [0.1, 0.15) is 5.82 Å². The van der Waals surface area contributed by atoms with Gasteiger partial charge in [0, 0.05) is 12.5 Å². The number of rotatable bonds is 3. The lowest BCUT2D eigenvalue weighted by molar-refractivity contribution is 0.435. The third-order valence-electron chi connectivity index (χ3n) is 4.57. The number of aromatic nitrogens is 2. The highest BCUT2D eigenvalue weighted by atomic mass is 15.1. The lowest BCUT2D eigenvalue weighted by Crippen LogP contribution is -2.28. The molecular weight excluding hydrogens is 270 g/mol. The molecule has 22 heavy (non-hydrogen) atoms. The zero-order chi connectivity index (χ0) is 14.8. The summed E-state index contributed by atoms with van der Waals surface area (Å²) in [5.41, 5.74) is 3.70. The van der Waals surface area contributed by atoms with Crippen molar-refractivity contribution in [1.29, 1.82) is 0 Å². The van der Waals surface area contributed by atoms with Gasteiger partial charge in [-0.2, -0.15) is 0 Å². The van der Waals surface area contributed by atoms with Gasteiger partial charge in [0.05, 0.1) is 11.0 Å². The van der Waals surface area contributed by atoms with E-state index in [2.05, 4.69) is 64.5 Å². The van der Waals surface area contributed by atoms with Crippen molar-refractivity contribution in [3.8, 4) is 0 Å². The first-order valence-corrected chi connectivity index (χ1v) is 8.11. The molecule has 3 heteroatoms. The molecule has 4 rings (SSSR count). The zero-order valence-corrected chi connectivity index (χ0v) is 12.7. The molecule has 2 heterocycles. The van der Waals surface area contributed by atoms with Crippen LogP contribution in [0.4, 0.5) is 0 Å². The van der Waals surface area contributed by atoms with Crippen LogP contribution in [0.1, 0.15) is 30.1 Å². The summed E-state index contributed by atoms with van der Waals surface area (Å²) < 4.78 is 2.42. The molecule has 1 saturated heterocycles. The molecule has 0 radical (unpaired) electrons. The van der Waals surface area contributed by atoms with Crippen LogP contribution in [0.5, 0.6) is 0 Å². The second kappa shape index (κ2) is 5.93. The average molecular weight is 291 g/mol. The minimum Gasteiger partial charge on any atom is -0.323 e. The normalized spacial score (nSPS) is 16.2. The van der Waals surface area contributed by atoms with E-state index in [0.29, 0.717) is 5.92 Å². The lowest BCUT2D eigenvalue weighted by atomic mass is 9.97. The van der Waals surface area contributed by atoms with Crippen LogP contribution in [0.3, 0.4) is 0 Å². The standard InChI is InChI=1S/C19H21N3/c1-2-6-15(7-3-1)14-22-18-9-5-4-8-17(18)21-19(22)16-10-12-20-13-11-16/h1-9,16,20H,10-14H2. The molecule has 1 N–H and O–H groups in total. The first-order chi connectivity index (χ1) is 10.9. The number of hydrogen-bond donors (Lipinski definition) is 1. The Bertz CT molecular complexity index is 755. The van der Waals surface area contributed by atoms with E-state index in [0.717, 1.165) is 25.2 Å². The van der Waals surface area contributed by atoms with Gasteiger partial charge in [0.25, 0.3) is 0 Å². The molecule has 0 amide bonds. The molecule has 1 aliphatic heterocycles. The molecule has 0 atom stereocenters. The summed E-state index contributed by atoms with van der Waals surface area (Å²) in [4.78, 5) is 4.97. The predicted octanol–water partition coefficient (Wildman–Crippen LogP) is 3.55. The second-order valence-corrected chi connectivity index (χ2v) is 6.05. The van der Waals surface area contributed by atoms with Crippen molar-refractivity contribution in [2.45, 2.75) is 25.3 Å². The quantitative estimate of drug-likeness (QED) is 0.800. The number of hydrogen-bond acceptors (Lipinski definition) is 2. The molecule has 3 aromatic rings. The van der Waals surface area contributed by atoms with E-state index in [1.165, 1.54) is 29.7 Å². The molecule has 3 nitrogen and oxygen atoms in total. The maximum absolute atomic E-state index is 4.97. The Morgan fingerprint density at radius 1 is 0.955 bits per heavy atom. The highest BCUT2D eigenvalue weighted by Gasteiger charge is 2.22. The molecule has 1 aliphatic rings. The number of benzene rings is 2. The van der Waals surface area contributed by atoms with Gasteiger partial charge in [0.15, 0.2) is 0 Å². The topological polar surface area (TPSA) is 29.9 Å². The van der Waals surface area contributed by atoms with Gasteiger partial charge in [-0.15, -0.1) is 0 Å². The minimum absolute atomic E-state index is 0.567. The fourth-order valence-electron chi connectivity index (χ4n) is 3.42. The van der Waals surface area contributed by atoms with E-state index in [1.807, 2.05) is 0 Å². The van der Waals surface area contributed by atoms with Crippen molar-refractivity contribution in [2.75, 3.05) is 13.1 Å². The Labute approximate surface area is 131 Å². The molecule has 0 spiro atoms. The van der Waals surface area contributed by atoms with Crippen molar-refractivity contribution in [1.82, 2.24) is 14.9 Å². The van der Waals surface area contributed by atoms with Crippen LogP contribution in [-0.2, 0) is 6.54 Å². The number of imidazole rings is 1. The second-order valence-electron chi connectivity index (χ2n) is 6.05. The molecule has 0 bridgehead atoms. The zero-order valence-electron chi connectivity index (χ0n) is 12.7. The Kier molecular flexibility index (Phi) is 3.65. The Balaban J connectivity index is 1.79. The minimum atomic E-state index is 0.567. The Hall–Kier alpha value is -2.13. The highest BCUT2D eigenvalue weighted by molar-refractivity contribution is 5.76. The SMILES string of the molecule is c1ccc(Cn2c(C3CCNCC3)nc3ccccc32)cc1. The number of fused-ring (bicyclic) bond motifs is 1. The average Bonchev–Trinajstić information content (AvgIpc) is 2.95. The number of nitrogens with one attached hydrogen (secondary N) is 1. The summed E-state index contributed by atoms with van der Waals surface area (Å²) in [6, 6.07) is 19.2. The third kappa shape index (κ3) is 2.53. The van der Waals surface area contributed by atoms with Gasteiger partial charge in [-0.05, 0) is 43.6 Å². The smallest absolute Gasteiger partial charge is 0.113 e. The molecule has 1 fully saturated rings. The molecule has 112 valence electrons. The van der Waals surface area contributed by atoms with Crippen LogP contribution in [0, 0.1) is 0 Å². The maximum atomic E-state index is 4.97. The van der Waals surface area contributed by atoms with Gasteiger partial charge < -0.3 is 9.88 Å². The molecule has 2 aromatic carbocycles. The Morgan fingerprint density at radius 2 is 1.68 bits per heavy atom. The van der Waals surface area contributed by atoms with Gasteiger partial charge in [-0.1, -0.05) is 42.5 Å². The summed E-state index contributed by atoms with van der Waals surface area (Å²) >= 11 is 0. The molecule has 0 saturated carbocycles. The van der Waals surface area contributed by atoms with Crippen molar-refractivity contribution in [2.24, 2.45) is 0 Å². The van der Waals surface area contributed by atoms with Crippen LogP contribution in [0.2, 0.25) is 0 Å². The summed E-state index contributed by atoms with van der Waals surface area (Å²) in [5, 5.41) is 3.45. The van der Waals surface area contributed by atoms with Crippen LogP contribution in [0.25, 0.3) is 11.0 Å². The molecule has 0 unspecified atom stereocenters. The summed E-state index contributed by atoms with van der Waals surface area (Å²) in [6.45, 7) is 3.10. The lowest BCUT2D eigenvalue weighted by Gasteiger charge is -2.23. The fourth-order valence-corrected chi connectivity index (χ4v) is 3.42. The number of piperidine rings is 1. The molecule has 1 aromatic heterocycles. The largest absolute Gasteiger partial charge is 0.323 e. The van der Waals surface area contributed by atoms with Crippen molar-refractivity contribution >= 4 is 11.0 Å².